The van der Waals surface area contributed by atoms with E-state index in [9.17, 15) is 4.79 Å². The lowest BCUT2D eigenvalue weighted by atomic mass is 10.2. The molecule has 11 heteroatoms. The van der Waals surface area contributed by atoms with Crippen LogP contribution in [-0.2, 0) is 4.79 Å². The lowest BCUT2D eigenvalue weighted by molar-refractivity contribution is -0.113. The standard InChI is InChI=1S/C19H20ClN7O2S/c1-2-29-15-9-7-14(8-10-15)23-17(28)12-30-19-26-25-18(27(19)21)24-22-11-13-5-3-4-6-16(13)20/h3-11H,2,12,21H2,1H3,(H,23,28)(H,24,25)/b22-11+. The smallest absolute Gasteiger partial charge is 0.264 e. The summed E-state index contributed by atoms with van der Waals surface area (Å²) in [5, 5.41) is 15.7. The van der Waals surface area contributed by atoms with Crippen molar-refractivity contribution in [2.75, 3.05) is 28.9 Å². The first-order valence-electron chi connectivity index (χ1n) is 8.96. The number of nitrogens with one attached hydrogen (secondary N) is 2. The molecule has 0 aliphatic heterocycles. The van der Waals surface area contributed by atoms with Crippen LogP contribution in [0.5, 0.6) is 5.75 Å². The molecule has 0 atom stereocenters. The molecule has 2 aromatic carbocycles. The van der Waals surface area contributed by atoms with Gasteiger partial charge in [-0.3, -0.25) is 4.79 Å². The fraction of sp³-hybridized carbons (Fsp3) is 0.158. The number of nitrogen functional groups attached to an aromatic ring is 1. The summed E-state index contributed by atoms with van der Waals surface area (Å²) in [6.07, 6.45) is 1.55. The number of aromatic nitrogens is 3. The van der Waals surface area contributed by atoms with Crippen molar-refractivity contribution in [2.45, 2.75) is 12.1 Å². The Kier molecular flexibility index (Phi) is 7.52. The molecule has 0 saturated carbocycles. The fourth-order valence-corrected chi connectivity index (χ4v) is 3.16. The van der Waals surface area contributed by atoms with Crippen LogP contribution in [0.1, 0.15) is 12.5 Å². The van der Waals surface area contributed by atoms with Crippen LogP contribution in [0, 0.1) is 0 Å². The molecule has 0 unspecified atom stereocenters. The lowest BCUT2D eigenvalue weighted by Gasteiger charge is -2.07. The van der Waals surface area contributed by atoms with Crippen LogP contribution < -0.4 is 21.3 Å². The van der Waals surface area contributed by atoms with Crippen LogP contribution in [0.15, 0.2) is 58.8 Å². The van der Waals surface area contributed by atoms with Gasteiger partial charge in [-0.2, -0.15) is 5.10 Å². The summed E-state index contributed by atoms with van der Waals surface area (Å²) in [7, 11) is 0. The molecule has 156 valence electrons. The predicted octanol–water partition coefficient (Wildman–Crippen LogP) is 3.22. The monoisotopic (exact) mass is 445 g/mol. The second-order valence-corrected chi connectivity index (χ2v) is 7.21. The van der Waals surface area contributed by atoms with Crippen molar-refractivity contribution in [2.24, 2.45) is 5.10 Å². The molecule has 9 nitrogen and oxygen atoms in total. The molecule has 3 rings (SSSR count). The zero-order valence-electron chi connectivity index (χ0n) is 16.1. The number of nitrogens with two attached hydrogens (primary N) is 1. The third kappa shape index (κ3) is 5.88. The summed E-state index contributed by atoms with van der Waals surface area (Å²) >= 11 is 7.22. The quantitative estimate of drug-likeness (QED) is 0.200. The number of thioether (sulfide) groups is 1. The second kappa shape index (κ2) is 10.5. The second-order valence-electron chi connectivity index (χ2n) is 5.86. The number of hydrogen-bond donors (Lipinski definition) is 3. The van der Waals surface area contributed by atoms with Crippen LogP contribution in [0.25, 0.3) is 0 Å². The van der Waals surface area contributed by atoms with E-state index in [0.29, 0.717) is 22.5 Å². The lowest BCUT2D eigenvalue weighted by Crippen LogP contribution is -2.16. The molecule has 0 spiro atoms. The summed E-state index contributed by atoms with van der Waals surface area (Å²) in [5.74, 6) is 6.86. The Morgan fingerprint density at radius 2 is 2.03 bits per heavy atom. The van der Waals surface area contributed by atoms with E-state index in [0.717, 1.165) is 23.1 Å². The van der Waals surface area contributed by atoms with Gasteiger partial charge in [0, 0.05) is 16.3 Å². The van der Waals surface area contributed by atoms with E-state index in [1.165, 1.54) is 4.68 Å². The minimum Gasteiger partial charge on any atom is -0.494 e. The molecule has 0 fully saturated rings. The highest BCUT2D eigenvalue weighted by molar-refractivity contribution is 7.99. The number of carbonyl (C=O) groups is 1. The van der Waals surface area contributed by atoms with Crippen molar-refractivity contribution >= 4 is 47.1 Å². The maximum atomic E-state index is 12.2. The number of hydrazone groups is 1. The molecule has 4 N–H and O–H groups in total. The Balaban J connectivity index is 1.51. The van der Waals surface area contributed by atoms with Gasteiger partial charge in [0.1, 0.15) is 5.75 Å². The molecule has 0 bridgehead atoms. The van der Waals surface area contributed by atoms with Gasteiger partial charge in [0.25, 0.3) is 5.95 Å². The summed E-state index contributed by atoms with van der Waals surface area (Å²) in [6.45, 7) is 2.50. The third-order valence-corrected chi connectivity index (χ3v) is 5.01. The molecule has 0 aliphatic rings. The van der Waals surface area contributed by atoms with E-state index in [4.69, 9.17) is 22.2 Å². The van der Waals surface area contributed by atoms with E-state index >= 15 is 0 Å². The first kappa shape index (κ1) is 21.5. The average Bonchev–Trinajstić information content (AvgIpc) is 3.09. The van der Waals surface area contributed by atoms with Gasteiger partial charge in [-0.05, 0) is 37.3 Å². The molecular formula is C19H20ClN7O2S. The zero-order chi connectivity index (χ0) is 21.3. The van der Waals surface area contributed by atoms with Crippen LogP contribution >= 0.6 is 23.4 Å². The largest absolute Gasteiger partial charge is 0.494 e. The number of anilines is 2. The van der Waals surface area contributed by atoms with Gasteiger partial charge in [0.15, 0.2) is 0 Å². The van der Waals surface area contributed by atoms with Crippen molar-refractivity contribution in [1.82, 2.24) is 14.9 Å². The third-order valence-electron chi connectivity index (χ3n) is 3.72. The van der Waals surface area contributed by atoms with Gasteiger partial charge in [-0.25, -0.2) is 10.1 Å². The summed E-state index contributed by atoms with van der Waals surface area (Å²) in [4.78, 5) is 12.2. The van der Waals surface area contributed by atoms with Crippen molar-refractivity contribution in [1.29, 1.82) is 0 Å². The Morgan fingerprint density at radius 3 is 2.77 bits per heavy atom. The highest BCUT2D eigenvalue weighted by Gasteiger charge is 2.12. The van der Waals surface area contributed by atoms with Crippen LogP contribution in [0.2, 0.25) is 5.02 Å². The highest BCUT2D eigenvalue weighted by Crippen LogP contribution is 2.19. The Morgan fingerprint density at radius 1 is 1.27 bits per heavy atom. The zero-order valence-corrected chi connectivity index (χ0v) is 17.7. The Hall–Kier alpha value is -3.24. The molecule has 1 amide bonds. The van der Waals surface area contributed by atoms with E-state index in [-0.39, 0.29) is 17.6 Å². The maximum absolute atomic E-state index is 12.2. The van der Waals surface area contributed by atoms with Crippen molar-refractivity contribution in [3.05, 3.63) is 59.1 Å². The highest BCUT2D eigenvalue weighted by atomic mass is 35.5. The van der Waals surface area contributed by atoms with Gasteiger partial charge in [-0.15, -0.1) is 10.2 Å². The van der Waals surface area contributed by atoms with E-state index in [1.54, 1.807) is 36.5 Å². The molecule has 3 aromatic rings. The van der Waals surface area contributed by atoms with Gasteiger partial charge in [-0.1, -0.05) is 41.6 Å². The fourth-order valence-electron chi connectivity index (χ4n) is 2.32. The summed E-state index contributed by atoms with van der Waals surface area (Å²) < 4.78 is 6.60. The number of halogens is 1. The van der Waals surface area contributed by atoms with Gasteiger partial charge in [0.05, 0.1) is 18.6 Å². The minimum atomic E-state index is -0.196. The minimum absolute atomic E-state index is 0.117. The first-order chi connectivity index (χ1) is 14.6. The Labute approximate surface area is 182 Å². The molecule has 1 aromatic heterocycles. The van der Waals surface area contributed by atoms with Crippen molar-refractivity contribution < 1.29 is 9.53 Å². The summed E-state index contributed by atoms with van der Waals surface area (Å²) in [5.41, 5.74) is 4.12. The predicted molar refractivity (Wildman–Crippen MR) is 120 cm³/mol. The number of benzene rings is 2. The molecule has 30 heavy (non-hydrogen) atoms. The maximum Gasteiger partial charge on any atom is 0.264 e. The number of carbonyl (C=O) groups excluding carboxylic acids is 1. The number of nitrogens with zero attached hydrogens (tertiary/aromatic N) is 4. The average molecular weight is 446 g/mol. The molecule has 0 radical (unpaired) electrons. The molecule has 1 heterocycles. The number of ether oxygens (including phenoxy) is 1. The normalized spacial score (nSPS) is 10.9. The SMILES string of the molecule is CCOc1ccc(NC(=O)CSc2nnc(N/N=C/c3ccccc3Cl)n2N)cc1. The molecule has 0 aliphatic carbocycles. The number of amides is 1. The topological polar surface area (TPSA) is 119 Å². The van der Waals surface area contributed by atoms with Gasteiger partial charge in [0.2, 0.25) is 11.1 Å². The van der Waals surface area contributed by atoms with Crippen molar-refractivity contribution in [3.63, 3.8) is 0 Å². The molecule has 0 saturated heterocycles. The molecular weight excluding hydrogens is 426 g/mol. The first-order valence-corrected chi connectivity index (χ1v) is 10.3. The van der Waals surface area contributed by atoms with Crippen LogP contribution in [0.4, 0.5) is 11.6 Å². The van der Waals surface area contributed by atoms with Gasteiger partial charge < -0.3 is 15.9 Å². The van der Waals surface area contributed by atoms with E-state index < -0.39 is 0 Å². The van der Waals surface area contributed by atoms with E-state index in [1.807, 2.05) is 25.1 Å². The van der Waals surface area contributed by atoms with Crippen LogP contribution in [-0.4, -0.2) is 39.4 Å². The number of hydrogen-bond acceptors (Lipinski definition) is 8. The number of rotatable bonds is 9. The Bertz CT molecular complexity index is 1020. The van der Waals surface area contributed by atoms with E-state index in [2.05, 4.69) is 26.0 Å². The van der Waals surface area contributed by atoms with Gasteiger partial charge >= 0.3 is 0 Å². The van der Waals surface area contributed by atoms with Crippen LogP contribution in [0.3, 0.4) is 0 Å². The van der Waals surface area contributed by atoms with Crippen molar-refractivity contribution in [3.8, 4) is 5.75 Å². The summed E-state index contributed by atoms with van der Waals surface area (Å²) in [6, 6.07) is 14.4.